The maximum Gasteiger partial charge on any atom is 0.575 e. The minimum Gasteiger partial charge on any atom is -0.153 e. The van der Waals surface area contributed by atoms with E-state index in [1.807, 2.05) is 27.7 Å². The smallest absolute Gasteiger partial charge is 0.153 e. The Morgan fingerprint density at radius 3 is 1.00 bits per heavy atom. The summed E-state index contributed by atoms with van der Waals surface area (Å²) in [5.74, 6) is 0. The van der Waals surface area contributed by atoms with E-state index in [1.54, 1.807) is 0 Å². The summed E-state index contributed by atoms with van der Waals surface area (Å²) in [7, 11) is -2.50. The van der Waals surface area contributed by atoms with Crippen LogP contribution in [-0.4, -0.2) is 26.4 Å². The molecule has 0 saturated heterocycles. The zero-order chi connectivity index (χ0) is 10.2. The van der Waals surface area contributed by atoms with E-state index in [0.29, 0.717) is 26.4 Å². The Bertz CT molecular complexity index is 91.2. The second-order valence-electron chi connectivity index (χ2n) is 2.12. The van der Waals surface area contributed by atoms with Gasteiger partial charge in [0.15, 0.2) is 0 Å². The molecule has 0 aliphatic heterocycles. The summed E-state index contributed by atoms with van der Waals surface area (Å²) >= 11 is 0. The highest BCUT2D eigenvalue weighted by Gasteiger charge is 2.47. The average molecular weight is 211 g/mol. The summed E-state index contributed by atoms with van der Waals surface area (Å²) in [5, 5.41) is 0. The average Bonchev–Trinajstić information content (AvgIpc) is 2.06. The lowest BCUT2D eigenvalue weighted by molar-refractivity contribution is 0.0648. The van der Waals surface area contributed by atoms with E-state index in [9.17, 15) is 0 Å². The largest absolute Gasteiger partial charge is 0.575 e. The van der Waals surface area contributed by atoms with Crippen LogP contribution < -0.4 is 0 Å². The monoisotopic (exact) mass is 211 g/mol. The Balaban J connectivity index is 4.19. The fourth-order valence-corrected chi connectivity index (χ4v) is 2.57. The minimum atomic E-state index is -2.50. The molecule has 0 saturated carbocycles. The molecule has 0 aromatic heterocycles. The van der Waals surface area contributed by atoms with Gasteiger partial charge in [-0.3, -0.25) is 0 Å². The van der Waals surface area contributed by atoms with E-state index in [-0.39, 0.29) is 0 Å². The van der Waals surface area contributed by atoms with Gasteiger partial charge in [-0.15, -0.1) is 0 Å². The van der Waals surface area contributed by atoms with Crippen molar-refractivity contribution in [2.45, 2.75) is 27.7 Å². The maximum absolute atomic E-state index is 5.40. The molecule has 80 valence electrons. The first-order valence-corrected chi connectivity index (χ1v) is 6.17. The molecule has 0 unspecified atom stereocenters. The Kier molecular flexibility index (Phi) is 7.81. The van der Waals surface area contributed by atoms with Crippen LogP contribution in [0.25, 0.3) is 0 Å². The van der Waals surface area contributed by atoms with Crippen molar-refractivity contribution >= 4 is 8.17 Å². The van der Waals surface area contributed by atoms with Gasteiger partial charge in [0.25, 0.3) is 0 Å². The van der Waals surface area contributed by atoms with Crippen LogP contribution in [0.1, 0.15) is 27.7 Å². The Morgan fingerprint density at radius 1 is 0.615 bits per heavy atom. The second-order valence-corrected chi connectivity index (χ2v) is 4.05. The van der Waals surface area contributed by atoms with E-state index in [1.165, 1.54) is 0 Å². The summed E-state index contributed by atoms with van der Waals surface area (Å²) < 4.78 is 21.6. The molecule has 0 radical (unpaired) electrons. The van der Waals surface area contributed by atoms with Crippen LogP contribution in [0.2, 0.25) is 0 Å². The van der Waals surface area contributed by atoms with Gasteiger partial charge in [-0.05, 0) is 27.7 Å². The van der Waals surface area contributed by atoms with Crippen molar-refractivity contribution in [3.63, 3.8) is 0 Å². The Hall–Kier alpha value is 0.270. The van der Waals surface area contributed by atoms with Crippen LogP contribution in [0.3, 0.4) is 0 Å². The molecule has 0 atom stereocenters. The Morgan fingerprint density at radius 2 is 0.846 bits per heavy atom. The lowest BCUT2D eigenvalue weighted by Gasteiger charge is -2.17. The van der Waals surface area contributed by atoms with Crippen molar-refractivity contribution < 1.29 is 18.1 Å². The molecule has 0 aliphatic carbocycles. The molecule has 0 aromatic carbocycles. The molecule has 0 aliphatic rings. The molecule has 0 amide bonds. The van der Waals surface area contributed by atoms with E-state index in [2.05, 4.69) is 0 Å². The van der Waals surface area contributed by atoms with E-state index in [0.717, 1.165) is 0 Å². The topological polar surface area (TPSA) is 36.9 Å². The van der Waals surface area contributed by atoms with Gasteiger partial charge in [0, 0.05) is 0 Å². The molecule has 0 N–H and O–H groups in total. The number of rotatable bonds is 8. The maximum atomic E-state index is 5.40. The van der Waals surface area contributed by atoms with E-state index < -0.39 is 8.17 Å². The molecule has 0 aromatic rings. The van der Waals surface area contributed by atoms with Gasteiger partial charge in [-0.2, -0.15) is 18.1 Å². The fourth-order valence-electron chi connectivity index (χ4n) is 0.856. The van der Waals surface area contributed by atoms with Crippen LogP contribution >= 0.6 is 8.17 Å². The van der Waals surface area contributed by atoms with Crippen LogP contribution in [0.15, 0.2) is 0 Å². The van der Waals surface area contributed by atoms with Gasteiger partial charge in [0.2, 0.25) is 0 Å². The lowest BCUT2D eigenvalue weighted by atomic mass is 10.9. The van der Waals surface area contributed by atoms with Gasteiger partial charge in [0.05, 0.1) is 26.4 Å². The van der Waals surface area contributed by atoms with Crippen LogP contribution in [0.4, 0.5) is 0 Å². The quantitative estimate of drug-likeness (QED) is 0.578. The van der Waals surface area contributed by atoms with Gasteiger partial charge in [-0.25, -0.2) is 0 Å². The zero-order valence-electron chi connectivity index (χ0n) is 8.91. The summed E-state index contributed by atoms with van der Waals surface area (Å²) in [6.45, 7) is 9.72. The molecule has 0 spiro atoms. The predicted molar refractivity (Wildman–Crippen MR) is 53.4 cm³/mol. The molecule has 0 rings (SSSR count). The van der Waals surface area contributed by atoms with E-state index >= 15 is 0 Å². The lowest BCUT2D eigenvalue weighted by Crippen LogP contribution is -2.10. The van der Waals surface area contributed by atoms with Crippen molar-refractivity contribution in [1.82, 2.24) is 0 Å². The van der Waals surface area contributed by atoms with Gasteiger partial charge in [-0.1, -0.05) is 0 Å². The highest BCUT2D eigenvalue weighted by atomic mass is 31.2. The zero-order valence-corrected chi connectivity index (χ0v) is 9.80. The first-order chi connectivity index (χ1) is 6.24. The van der Waals surface area contributed by atoms with Crippen LogP contribution in [0, 0.1) is 0 Å². The van der Waals surface area contributed by atoms with Gasteiger partial charge in [0.1, 0.15) is 0 Å². The molecule has 5 heteroatoms. The highest BCUT2D eigenvalue weighted by molar-refractivity contribution is 7.56. The summed E-state index contributed by atoms with van der Waals surface area (Å²) in [6, 6.07) is 0. The molecule has 4 nitrogen and oxygen atoms in total. The van der Waals surface area contributed by atoms with Gasteiger partial charge < -0.3 is 0 Å². The molecule has 0 bridgehead atoms. The molecule has 0 fully saturated rings. The number of hydrogen-bond donors (Lipinski definition) is 0. The highest BCUT2D eigenvalue weighted by Crippen LogP contribution is 2.62. The second kappa shape index (κ2) is 7.65. The predicted octanol–water partition coefficient (Wildman–Crippen LogP) is 2.81. The molecular formula is C8H20O4P+. The third kappa shape index (κ3) is 4.89. The standard InChI is InChI=1S/C8H20O4P/c1-5-9-13(10-6-2,11-7-3)12-8-4/h5-8H2,1-4H3/q+1. The van der Waals surface area contributed by atoms with Crippen molar-refractivity contribution in [2.24, 2.45) is 0 Å². The molecule has 0 heterocycles. The summed E-state index contributed by atoms with van der Waals surface area (Å²) in [6.07, 6.45) is 0. The third-order valence-corrected chi connectivity index (χ3v) is 3.45. The Labute approximate surface area is 81.2 Å². The summed E-state index contributed by atoms with van der Waals surface area (Å²) in [4.78, 5) is 0. The van der Waals surface area contributed by atoms with Crippen molar-refractivity contribution in [3.8, 4) is 0 Å². The third-order valence-electron chi connectivity index (χ3n) is 1.15. The van der Waals surface area contributed by atoms with Crippen molar-refractivity contribution in [1.29, 1.82) is 0 Å². The van der Waals surface area contributed by atoms with Crippen molar-refractivity contribution in [3.05, 3.63) is 0 Å². The SMILES string of the molecule is CCO[P+](OCC)(OCC)OCC. The van der Waals surface area contributed by atoms with Gasteiger partial charge >= 0.3 is 8.17 Å². The normalized spacial score (nSPS) is 12.0. The van der Waals surface area contributed by atoms with Crippen LogP contribution in [0.5, 0.6) is 0 Å². The minimum absolute atomic E-state index is 0.535. The van der Waals surface area contributed by atoms with Crippen LogP contribution in [-0.2, 0) is 18.1 Å². The first-order valence-electron chi connectivity index (χ1n) is 4.71. The fraction of sp³-hybridized carbons (Fsp3) is 1.00. The summed E-state index contributed by atoms with van der Waals surface area (Å²) in [5.41, 5.74) is 0. The van der Waals surface area contributed by atoms with Crippen molar-refractivity contribution in [2.75, 3.05) is 26.4 Å². The number of hydrogen-bond acceptors (Lipinski definition) is 4. The molecule has 13 heavy (non-hydrogen) atoms. The molecular weight excluding hydrogens is 191 g/mol. The first kappa shape index (κ1) is 13.3. The van der Waals surface area contributed by atoms with E-state index in [4.69, 9.17) is 18.1 Å².